The average molecular weight is 528 g/mol. The predicted octanol–water partition coefficient (Wildman–Crippen LogP) is 5.92. The predicted molar refractivity (Wildman–Crippen MR) is 148 cm³/mol. The van der Waals surface area contributed by atoms with Gasteiger partial charge in [-0.1, -0.05) is 58.3 Å². The maximum absolute atomic E-state index is 14.8. The Labute approximate surface area is 225 Å². The first kappa shape index (κ1) is 26.1. The molecule has 1 N–H and O–H groups in total. The number of allylic oxidation sites excluding steroid dienone is 1. The summed E-state index contributed by atoms with van der Waals surface area (Å²) in [6, 6.07) is 0. The molecule has 6 rings (SSSR count). The zero-order valence-electron chi connectivity index (χ0n) is 23.4. The molecule has 2 unspecified atom stereocenters. The molecule has 1 aliphatic heterocycles. The Kier molecular flexibility index (Phi) is 5.92. The molecule has 9 atom stereocenters. The molecule has 5 aliphatic carbocycles. The minimum Gasteiger partial charge on any atom is -0.438 e. The van der Waals surface area contributed by atoms with Crippen molar-refractivity contribution >= 4 is 21.1 Å². The van der Waals surface area contributed by atoms with Crippen molar-refractivity contribution < 1.29 is 19.4 Å². The van der Waals surface area contributed by atoms with Crippen LogP contribution < -0.4 is 0 Å². The summed E-state index contributed by atoms with van der Waals surface area (Å²) in [4.78, 5) is 30.2. The van der Waals surface area contributed by atoms with E-state index < -0.39 is 17.1 Å². The second-order valence-corrected chi connectivity index (χ2v) is 15.4. The molecule has 0 aromatic heterocycles. The van der Waals surface area contributed by atoms with Crippen LogP contribution in [0, 0.1) is 39.9 Å². The lowest BCUT2D eigenvalue weighted by Gasteiger charge is -2.53. The van der Waals surface area contributed by atoms with Crippen molar-refractivity contribution in [3.05, 3.63) is 23.3 Å². The van der Waals surface area contributed by atoms with Gasteiger partial charge in [0.2, 0.25) is 0 Å². The number of likely N-dealkylation sites (tertiary alicyclic amines) is 1. The van der Waals surface area contributed by atoms with E-state index in [4.69, 9.17) is 4.74 Å². The van der Waals surface area contributed by atoms with Crippen LogP contribution in [0.1, 0.15) is 86.0 Å². The molecule has 2 bridgehead atoms. The SMILES string of the molecule is CC1=C[C@]23C(=O)[C@@H](C=C4CCC(C)(C)C[C@H]4[C@]2(O)[C@H]1OC(=O)N1CCCCCC1)C1[C@@H](C[C@H]3P)C1(C)C. The number of hydrogen-bond acceptors (Lipinski definition) is 4. The van der Waals surface area contributed by atoms with E-state index in [1.165, 1.54) is 5.57 Å². The van der Waals surface area contributed by atoms with Crippen molar-refractivity contribution in [3.63, 3.8) is 0 Å². The third-order valence-electron chi connectivity index (χ3n) is 11.6. The van der Waals surface area contributed by atoms with Gasteiger partial charge >= 0.3 is 6.09 Å². The topological polar surface area (TPSA) is 66.8 Å². The number of carbonyl (C=O) groups is 2. The summed E-state index contributed by atoms with van der Waals surface area (Å²) >= 11 is 0. The van der Waals surface area contributed by atoms with Crippen molar-refractivity contribution in [2.24, 2.45) is 39.9 Å². The lowest BCUT2D eigenvalue weighted by atomic mass is 9.55. The number of ether oxygens (including phenoxy) is 1. The molecule has 1 spiro atoms. The fraction of sp³-hybridized carbons (Fsp3) is 0.806. The van der Waals surface area contributed by atoms with Crippen LogP contribution in [0.4, 0.5) is 4.79 Å². The van der Waals surface area contributed by atoms with Gasteiger partial charge in [-0.2, -0.15) is 0 Å². The zero-order chi connectivity index (χ0) is 26.5. The molecule has 0 aromatic carbocycles. The van der Waals surface area contributed by atoms with E-state index in [0.29, 0.717) is 24.9 Å². The van der Waals surface area contributed by atoms with Gasteiger partial charge in [0.1, 0.15) is 5.60 Å². The standard InChI is InChI=1S/C31H46NO4P/c1-18-16-30-23(37)15-21-24(29(21,4)5)20(25(30)33)14-19-10-11-28(2,3)17-22(19)31(30,35)26(18)36-27(34)32-12-8-6-7-9-13-32/h14,16,20-24,26,35H,6-13,15,17,37H2,1-5H3/t20-,21+,22+,23+,24?,26-,30-,31-/m0/s1. The summed E-state index contributed by atoms with van der Waals surface area (Å²) in [5.74, 6) is 0.554. The third-order valence-corrected chi connectivity index (χ3v) is 12.4. The molecule has 5 nitrogen and oxygen atoms in total. The second kappa shape index (κ2) is 8.40. The Bertz CT molecular complexity index is 1070. The van der Waals surface area contributed by atoms with Crippen molar-refractivity contribution in [3.8, 4) is 0 Å². The number of hydrogen-bond donors (Lipinski definition) is 1. The number of aliphatic hydroxyl groups is 1. The Morgan fingerprint density at radius 1 is 1.14 bits per heavy atom. The van der Waals surface area contributed by atoms with Gasteiger partial charge in [0, 0.05) is 24.9 Å². The molecule has 0 aromatic rings. The van der Waals surface area contributed by atoms with E-state index in [0.717, 1.165) is 56.9 Å². The molecule has 1 saturated heterocycles. The Hall–Kier alpha value is -1.19. The van der Waals surface area contributed by atoms with Gasteiger partial charge in [0.25, 0.3) is 0 Å². The largest absolute Gasteiger partial charge is 0.438 e. The van der Waals surface area contributed by atoms with Crippen molar-refractivity contribution in [1.82, 2.24) is 4.90 Å². The molecule has 1 heterocycles. The molecule has 6 heteroatoms. The summed E-state index contributed by atoms with van der Waals surface area (Å²) < 4.78 is 6.35. The fourth-order valence-corrected chi connectivity index (χ4v) is 10.2. The summed E-state index contributed by atoms with van der Waals surface area (Å²) in [6.07, 6.45) is 11.1. The second-order valence-electron chi connectivity index (χ2n) is 14.6. The van der Waals surface area contributed by atoms with Crippen LogP contribution in [0.3, 0.4) is 0 Å². The van der Waals surface area contributed by atoms with E-state index in [1.54, 1.807) is 0 Å². The zero-order valence-corrected chi connectivity index (χ0v) is 24.5. The fourth-order valence-electron chi connectivity index (χ4n) is 9.39. The normalized spacial score (nSPS) is 45.7. The highest BCUT2D eigenvalue weighted by atomic mass is 31.0. The lowest BCUT2D eigenvalue weighted by Crippen LogP contribution is -2.65. The van der Waals surface area contributed by atoms with Crippen LogP contribution in [0.15, 0.2) is 23.3 Å². The van der Waals surface area contributed by atoms with Gasteiger partial charge in [0.05, 0.1) is 5.41 Å². The first-order valence-corrected chi connectivity index (χ1v) is 15.4. The number of rotatable bonds is 1. The summed E-state index contributed by atoms with van der Waals surface area (Å²) in [5.41, 5.74) is -0.387. The van der Waals surface area contributed by atoms with Gasteiger partial charge < -0.3 is 14.7 Å². The third kappa shape index (κ3) is 3.55. The summed E-state index contributed by atoms with van der Waals surface area (Å²) in [7, 11) is 2.99. The lowest BCUT2D eigenvalue weighted by molar-refractivity contribution is -0.172. The summed E-state index contributed by atoms with van der Waals surface area (Å²) in [6.45, 7) is 12.5. The van der Waals surface area contributed by atoms with E-state index in [2.05, 4.69) is 49.1 Å². The monoisotopic (exact) mass is 527 g/mol. The molecule has 4 fully saturated rings. The molecular weight excluding hydrogens is 481 g/mol. The van der Waals surface area contributed by atoms with Crippen LogP contribution in [-0.2, 0) is 9.53 Å². The Balaban J connectivity index is 1.47. The molecule has 3 saturated carbocycles. The molecule has 6 aliphatic rings. The number of amides is 1. The molecule has 204 valence electrons. The number of Topliss-reactive ketones (excluding diaryl/α,β-unsaturated/α-hetero) is 1. The van der Waals surface area contributed by atoms with Gasteiger partial charge in [-0.25, -0.2) is 4.79 Å². The van der Waals surface area contributed by atoms with Crippen LogP contribution in [0.2, 0.25) is 0 Å². The van der Waals surface area contributed by atoms with E-state index in [1.807, 2.05) is 11.8 Å². The number of fused-ring (bicyclic) bond motifs is 5. The van der Waals surface area contributed by atoms with Crippen LogP contribution >= 0.6 is 9.24 Å². The molecule has 0 radical (unpaired) electrons. The van der Waals surface area contributed by atoms with Crippen LogP contribution in [0.25, 0.3) is 0 Å². The highest BCUT2D eigenvalue weighted by Gasteiger charge is 2.76. The number of carbonyl (C=O) groups excluding carboxylic acids is 2. The highest BCUT2D eigenvalue weighted by molar-refractivity contribution is 7.17. The number of nitrogens with zero attached hydrogens (tertiary/aromatic N) is 1. The Morgan fingerprint density at radius 2 is 1.81 bits per heavy atom. The molecule has 37 heavy (non-hydrogen) atoms. The van der Waals surface area contributed by atoms with Gasteiger partial charge in [-0.05, 0) is 79.3 Å². The molecule has 1 amide bonds. The van der Waals surface area contributed by atoms with Crippen LogP contribution in [-0.4, -0.2) is 52.3 Å². The summed E-state index contributed by atoms with van der Waals surface area (Å²) in [5, 5.41) is 13.2. The van der Waals surface area contributed by atoms with Gasteiger partial charge in [-0.3, -0.25) is 4.79 Å². The van der Waals surface area contributed by atoms with Gasteiger partial charge in [-0.15, -0.1) is 9.24 Å². The molecular formula is C31H46NO4P. The van der Waals surface area contributed by atoms with Crippen LogP contribution in [0.5, 0.6) is 0 Å². The maximum Gasteiger partial charge on any atom is 0.410 e. The van der Waals surface area contributed by atoms with Crippen molar-refractivity contribution in [2.75, 3.05) is 13.1 Å². The average Bonchev–Trinajstić information content (AvgIpc) is 3.44. The minimum atomic E-state index is -1.47. The maximum atomic E-state index is 14.8. The Morgan fingerprint density at radius 3 is 2.49 bits per heavy atom. The van der Waals surface area contributed by atoms with E-state index >= 15 is 0 Å². The van der Waals surface area contributed by atoms with E-state index in [9.17, 15) is 14.7 Å². The van der Waals surface area contributed by atoms with Crippen molar-refractivity contribution in [2.45, 2.75) is 103 Å². The smallest absolute Gasteiger partial charge is 0.410 e. The highest BCUT2D eigenvalue weighted by Crippen LogP contribution is 2.73. The van der Waals surface area contributed by atoms with E-state index in [-0.39, 0.29) is 40.2 Å². The number of ketones is 1. The van der Waals surface area contributed by atoms with Gasteiger partial charge in [0.15, 0.2) is 11.9 Å². The first-order valence-electron chi connectivity index (χ1n) is 14.7. The first-order chi connectivity index (χ1) is 17.3. The minimum absolute atomic E-state index is 0.0457. The van der Waals surface area contributed by atoms with Crippen molar-refractivity contribution in [1.29, 1.82) is 0 Å². The quantitative estimate of drug-likeness (QED) is 0.340.